The predicted molar refractivity (Wildman–Crippen MR) is 117 cm³/mol. The molecule has 138 valence electrons. The van der Waals surface area contributed by atoms with E-state index in [0.29, 0.717) is 6.73 Å². The van der Waals surface area contributed by atoms with Crippen LogP contribution in [0.2, 0.25) is 0 Å². The Morgan fingerprint density at radius 1 is 0.793 bits per heavy atom. The number of pyridine rings is 1. The average Bonchev–Trinajstić information content (AvgIpc) is 3.00. The van der Waals surface area contributed by atoms with Crippen LogP contribution in [0.5, 0.6) is 5.75 Å². The quantitative estimate of drug-likeness (QED) is 0.236. The van der Waals surface area contributed by atoms with E-state index in [1.54, 1.807) is 0 Å². The Hall–Kier alpha value is -3.39. The molecule has 2 aliphatic rings. The van der Waals surface area contributed by atoms with E-state index in [9.17, 15) is 0 Å². The smallest absolute Gasteiger partial charge is 0.292 e. The zero-order valence-electron chi connectivity index (χ0n) is 16.5. The molecular weight excluding hydrogens is 354 g/mol. The Balaban J connectivity index is 1.77. The van der Waals surface area contributed by atoms with E-state index < -0.39 is 0 Å². The summed E-state index contributed by atoms with van der Waals surface area (Å²) in [5.74, 6) is 1.02. The van der Waals surface area contributed by atoms with Crippen molar-refractivity contribution in [2.45, 2.75) is 26.0 Å². The van der Waals surface area contributed by atoms with Gasteiger partial charge in [-0.1, -0.05) is 68.4 Å². The van der Waals surface area contributed by atoms with Crippen LogP contribution in [0.1, 0.15) is 25.0 Å². The van der Waals surface area contributed by atoms with Gasteiger partial charge in [-0.05, 0) is 44.6 Å². The Labute approximate surface area is 169 Å². The van der Waals surface area contributed by atoms with Gasteiger partial charge in [-0.15, -0.1) is 0 Å². The summed E-state index contributed by atoms with van der Waals surface area (Å²) in [6.45, 7) is 5.32. The highest BCUT2D eigenvalue weighted by atomic mass is 16.5. The van der Waals surface area contributed by atoms with Crippen molar-refractivity contribution in [2.24, 2.45) is 0 Å². The normalized spacial score (nSPS) is 15.7. The van der Waals surface area contributed by atoms with Gasteiger partial charge in [-0.2, -0.15) is 4.57 Å². The highest BCUT2D eigenvalue weighted by Crippen LogP contribution is 2.57. The maximum absolute atomic E-state index is 6.29. The fourth-order valence-corrected chi connectivity index (χ4v) is 5.73. The van der Waals surface area contributed by atoms with Crippen LogP contribution >= 0.6 is 0 Å². The molecule has 0 fully saturated rings. The first-order valence-corrected chi connectivity index (χ1v) is 10.2. The van der Waals surface area contributed by atoms with Crippen molar-refractivity contribution in [1.29, 1.82) is 0 Å². The van der Waals surface area contributed by atoms with E-state index in [1.165, 1.54) is 54.7 Å². The zero-order chi connectivity index (χ0) is 19.3. The molecule has 0 bridgehead atoms. The molecular formula is C27H20NO+. The van der Waals surface area contributed by atoms with Gasteiger partial charge in [-0.3, -0.25) is 0 Å². The summed E-state index contributed by atoms with van der Waals surface area (Å²) in [5, 5.41) is 7.86. The summed E-state index contributed by atoms with van der Waals surface area (Å²) in [5.41, 5.74) is 5.34. The summed E-state index contributed by atoms with van der Waals surface area (Å²) in [4.78, 5) is 0. The third kappa shape index (κ3) is 1.76. The second-order valence-electron chi connectivity index (χ2n) is 8.82. The van der Waals surface area contributed by atoms with Gasteiger partial charge < -0.3 is 4.74 Å². The molecule has 0 atom stereocenters. The lowest BCUT2D eigenvalue weighted by molar-refractivity contribution is -0.716. The highest BCUT2D eigenvalue weighted by Gasteiger charge is 2.48. The first-order valence-electron chi connectivity index (χ1n) is 10.2. The van der Waals surface area contributed by atoms with E-state index in [1.807, 2.05) is 0 Å². The van der Waals surface area contributed by atoms with Crippen LogP contribution in [0, 0.1) is 0 Å². The number of nitrogens with zero attached hydrogens (tertiary/aromatic N) is 1. The molecule has 2 heterocycles. The lowest BCUT2D eigenvalue weighted by Gasteiger charge is -2.24. The van der Waals surface area contributed by atoms with Crippen LogP contribution in [0.25, 0.3) is 43.6 Å². The van der Waals surface area contributed by atoms with Gasteiger partial charge in [0.05, 0.1) is 5.56 Å². The molecule has 0 radical (unpaired) electrons. The van der Waals surface area contributed by atoms with Gasteiger partial charge in [0.2, 0.25) is 5.69 Å². The van der Waals surface area contributed by atoms with Gasteiger partial charge in [-0.25, -0.2) is 0 Å². The fourth-order valence-electron chi connectivity index (χ4n) is 5.73. The average molecular weight is 374 g/mol. The van der Waals surface area contributed by atoms with Gasteiger partial charge in [0.15, 0.2) is 6.20 Å². The summed E-state index contributed by atoms with van der Waals surface area (Å²) >= 11 is 0. The Morgan fingerprint density at radius 3 is 2.38 bits per heavy atom. The van der Waals surface area contributed by atoms with E-state index in [0.717, 1.165) is 5.75 Å². The molecule has 0 saturated carbocycles. The third-order valence-electron chi connectivity index (χ3n) is 6.89. The summed E-state index contributed by atoms with van der Waals surface area (Å²) < 4.78 is 8.59. The van der Waals surface area contributed by atoms with E-state index in [2.05, 4.69) is 91.3 Å². The van der Waals surface area contributed by atoms with Gasteiger partial charge in [0.1, 0.15) is 5.75 Å². The van der Waals surface area contributed by atoms with E-state index in [-0.39, 0.29) is 5.41 Å². The molecule has 4 aromatic carbocycles. The third-order valence-corrected chi connectivity index (χ3v) is 6.89. The van der Waals surface area contributed by atoms with Crippen LogP contribution in [0.3, 0.4) is 0 Å². The number of ether oxygens (including phenoxy) is 1. The first kappa shape index (κ1) is 15.5. The minimum absolute atomic E-state index is 0.112. The van der Waals surface area contributed by atoms with Crippen molar-refractivity contribution in [1.82, 2.24) is 0 Å². The second kappa shape index (κ2) is 4.96. The lowest BCUT2D eigenvalue weighted by atomic mass is 9.78. The Bertz CT molecular complexity index is 1530. The molecule has 1 aliphatic carbocycles. The minimum Gasteiger partial charge on any atom is -0.435 e. The van der Waals surface area contributed by atoms with Crippen molar-refractivity contribution < 1.29 is 9.30 Å². The predicted octanol–water partition coefficient (Wildman–Crippen LogP) is 6.09. The monoisotopic (exact) mass is 374 g/mol. The molecule has 0 spiro atoms. The first-order chi connectivity index (χ1) is 14.1. The molecule has 7 rings (SSSR count). The van der Waals surface area contributed by atoms with Crippen molar-refractivity contribution in [3.63, 3.8) is 0 Å². The zero-order valence-corrected chi connectivity index (χ0v) is 16.5. The van der Waals surface area contributed by atoms with Crippen LogP contribution < -0.4 is 9.30 Å². The van der Waals surface area contributed by atoms with Crippen molar-refractivity contribution >= 4 is 32.3 Å². The molecule has 0 unspecified atom stereocenters. The maximum atomic E-state index is 6.29. The molecule has 29 heavy (non-hydrogen) atoms. The fraction of sp³-hybridized carbons (Fsp3) is 0.148. The second-order valence-corrected chi connectivity index (χ2v) is 8.82. The van der Waals surface area contributed by atoms with Crippen LogP contribution in [0.15, 0.2) is 72.9 Å². The largest absolute Gasteiger partial charge is 0.435 e. The van der Waals surface area contributed by atoms with Crippen LogP contribution in [-0.4, -0.2) is 0 Å². The number of hydrogen-bond donors (Lipinski definition) is 0. The SMILES string of the molecule is CC1(C)c2c3[n+](cc4ccccc24)COc2cc4ccc5ccccc5c4c1c2-3. The van der Waals surface area contributed by atoms with Crippen molar-refractivity contribution in [2.75, 3.05) is 0 Å². The number of hydrogen-bond acceptors (Lipinski definition) is 1. The van der Waals surface area contributed by atoms with Gasteiger partial charge in [0, 0.05) is 16.4 Å². The van der Waals surface area contributed by atoms with Crippen LogP contribution in [0.4, 0.5) is 0 Å². The lowest BCUT2D eigenvalue weighted by Crippen LogP contribution is -2.41. The van der Waals surface area contributed by atoms with E-state index >= 15 is 0 Å². The number of aromatic nitrogens is 1. The van der Waals surface area contributed by atoms with Gasteiger partial charge in [0.25, 0.3) is 6.73 Å². The topological polar surface area (TPSA) is 13.1 Å². The molecule has 1 aromatic heterocycles. The van der Waals surface area contributed by atoms with Crippen LogP contribution in [-0.2, 0) is 12.1 Å². The van der Waals surface area contributed by atoms with E-state index in [4.69, 9.17) is 4.74 Å². The molecule has 2 nitrogen and oxygen atoms in total. The number of benzene rings is 4. The van der Waals surface area contributed by atoms with Crippen molar-refractivity contribution in [3.8, 4) is 17.0 Å². The highest BCUT2D eigenvalue weighted by molar-refractivity contribution is 6.14. The molecule has 2 heteroatoms. The minimum atomic E-state index is -0.112. The Kier molecular flexibility index (Phi) is 2.65. The number of fused-ring (bicyclic) bond motifs is 6. The molecule has 0 saturated heterocycles. The molecule has 5 aromatic rings. The standard InChI is InChI=1S/C27H20NO/c1-27(2)24-20-10-6-4-8-18(20)14-28-15-29-21-13-17-12-11-16-7-3-5-9-19(16)22(17)25(27)23(21)26(24)28/h3-14H,15H2,1-2H3/q+1. The summed E-state index contributed by atoms with van der Waals surface area (Å²) in [6, 6.07) is 24.2. The molecule has 1 aliphatic heterocycles. The molecule has 0 amide bonds. The molecule has 0 N–H and O–H groups in total. The summed E-state index contributed by atoms with van der Waals surface area (Å²) in [7, 11) is 0. The Morgan fingerprint density at radius 2 is 1.52 bits per heavy atom. The maximum Gasteiger partial charge on any atom is 0.292 e. The van der Waals surface area contributed by atoms with Gasteiger partial charge >= 0.3 is 0 Å². The summed E-state index contributed by atoms with van der Waals surface area (Å²) in [6.07, 6.45) is 2.25. The van der Waals surface area contributed by atoms with Crippen molar-refractivity contribution in [3.05, 3.63) is 84.1 Å². The number of rotatable bonds is 0.